The monoisotopic (exact) mass is 417 g/mol. The standard InChI is InChI=1S/C25H31N5O/c1-15-11-16(2)19(17(3)12-15)14-20(26)25(31)28-21-9-10-27-24-23(21)22(29-30-24)13-18-7-5-4-6-8-18/h4-8,11-12,20-21H,9-10,13-14,26H2,1-3H3,(H,28,31)(H2,27,29,30)/t20-,21+/m0/s1. The molecule has 0 saturated carbocycles. The van der Waals surface area contributed by atoms with Crippen LogP contribution in [0.4, 0.5) is 5.82 Å². The number of carbonyl (C=O) groups excluding carboxylic acids is 1. The van der Waals surface area contributed by atoms with E-state index in [1.54, 1.807) is 0 Å². The second kappa shape index (κ2) is 8.94. The van der Waals surface area contributed by atoms with Gasteiger partial charge in [0.15, 0.2) is 5.82 Å². The summed E-state index contributed by atoms with van der Waals surface area (Å²) in [5, 5.41) is 14.1. The minimum Gasteiger partial charge on any atom is -0.368 e. The molecule has 4 rings (SSSR count). The molecule has 2 atom stereocenters. The van der Waals surface area contributed by atoms with Crippen LogP contribution in [-0.2, 0) is 17.6 Å². The topological polar surface area (TPSA) is 95.8 Å². The van der Waals surface area contributed by atoms with Crippen molar-refractivity contribution in [3.05, 3.63) is 81.5 Å². The van der Waals surface area contributed by atoms with Crippen molar-refractivity contribution in [2.75, 3.05) is 11.9 Å². The van der Waals surface area contributed by atoms with Gasteiger partial charge in [-0.15, -0.1) is 0 Å². The van der Waals surface area contributed by atoms with Gasteiger partial charge in [-0.1, -0.05) is 48.0 Å². The molecular weight excluding hydrogens is 386 g/mol. The van der Waals surface area contributed by atoms with Gasteiger partial charge in [-0.05, 0) is 55.9 Å². The van der Waals surface area contributed by atoms with E-state index in [2.05, 4.69) is 65.9 Å². The summed E-state index contributed by atoms with van der Waals surface area (Å²) in [6.07, 6.45) is 2.07. The number of carbonyl (C=O) groups is 1. The van der Waals surface area contributed by atoms with E-state index in [9.17, 15) is 4.79 Å². The van der Waals surface area contributed by atoms with Crippen LogP contribution in [0.15, 0.2) is 42.5 Å². The molecule has 0 aliphatic carbocycles. The van der Waals surface area contributed by atoms with Gasteiger partial charge in [-0.25, -0.2) is 0 Å². The van der Waals surface area contributed by atoms with Crippen molar-refractivity contribution >= 4 is 11.7 Å². The molecule has 1 aromatic heterocycles. The number of aromatic amines is 1. The van der Waals surface area contributed by atoms with Gasteiger partial charge in [-0.2, -0.15) is 5.10 Å². The van der Waals surface area contributed by atoms with Gasteiger partial charge in [0.05, 0.1) is 12.1 Å². The van der Waals surface area contributed by atoms with Gasteiger partial charge in [0.25, 0.3) is 0 Å². The number of aryl methyl sites for hydroxylation is 3. The van der Waals surface area contributed by atoms with Gasteiger partial charge in [-0.3, -0.25) is 9.89 Å². The highest BCUT2D eigenvalue weighted by atomic mass is 16.2. The van der Waals surface area contributed by atoms with Crippen LogP contribution in [0.2, 0.25) is 0 Å². The lowest BCUT2D eigenvalue weighted by molar-refractivity contribution is -0.123. The fraction of sp³-hybridized carbons (Fsp3) is 0.360. The average molecular weight is 418 g/mol. The van der Waals surface area contributed by atoms with E-state index in [4.69, 9.17) is 5.73 Å². The van der Waals surface area contributed by atoms with Gasteiger partial charge >= 0.3 is 0 Å². The van der Waals surface area contributed by atoms with Crippen molar-refractivity contribution in [2.45, 2.75) is 52.1 Å². The highest BCUT2D eigenvalue weighted by Gasteiger charge is 2.29. The number of fused-ring (bicyclic) bond motifs is 1. The molecule has 0 spiro atoms. The molecule has 2 heterocycles. The van der Waals surface area contributed by atoms with E-state index in [-0.39, 0.29) is 11.9 Å². The second-order valence-corrected chi connectivity index (χ2v) is 8.59. The number of anilines is 1. The molecule has 0 radical (unpaired) electrons. The molecule has 0 fully saturated rings. The normalized spacial score (nSPS) is 16.3. The highest BCUT2D eigenvalue weighted by molar-refractivity contribution is 5.82. The molecule has 1 aliphatic rings. The number of rotatable bonds is 6. The Morgan fingerprint density at radius 1 is 1.19 bits per heavy atom. The number of hydrogen-bond acceptors (Lipinski definition) is 4. The van der Waals surface area contributed by atoms with Crippen LogP contribution in [0, 0.1) is 20.8 Å². The number of amides is 1. The number of benzene rings is 2. The maximum Gasteiger partial charge on any atom is 0.237 e. The lowest BCUT2D eigenvalue weighted by Crippen LogP contribution is -2.45. The summed E-state index contributed by atoms with van der Waals surface area (Å²) < 4.78 is 0. The molecule has 6 heteroatoms. The summed E-state index contributed by atoms with van der Waals surface area (Å²) in [7, 11) is 0. The van der Waals surface area contributed by atoms with Gasteiger partial charge in [0.2, 0.25) is 5.91 Å². The van der Waals surface area contributed by atoms with Crippen LogP contribution in [0.1, 0.15) is 51.5 Å². The van der Waals surface area contributed by atoms with E-state index < -0.39 is 6.04 Å². The molecule has 0 saturated heterocycles. The van der Waals surface area contributed by atoms with E-state index in [1.807, 2.05) is 18.2 Å². The molecule has 2 aromatic carbocycles. The van der Waals surface area contributed by atoms with Crippen molar-refractivity contribution in [3.63, 3.8) is 0 Å². The summed E-state index contributed by atoms with van der Waals surface area (Å²) >= 11 is 0. The largest absolute Gasteiger partial charge is 0.368 e. The van der Waals surface area contributed by atoms with Crippen LogP contribution in [0.3, 0.4) is 0 Å². The third-order valence-electron chi connectivity index (χ3n) is 6.10. The fourth-order valence-electron chi connectivity index (χ4n) is 4.58. The summed E-state index contributed by atoms with van der Waals surface area (Å²) in [6.45, 7) is 7.02. The molecule has 3 aromatic rings. The molecule has 0 unspecified atom stereocenters. The number of nitrogens with zero attached hydrogens (tertiary/aromatic N) is 1. The zero-order valence-corrected chi connectivity index (χ0v) is 18.5. The van der Waals surface area contributed by atoms with Crippen LogP contribution < -0.4 is 16.4 Å². The Bertz CT molecular complexity index is 1050. The average Bonchev–Trinajstić information content (AvgIpc) is 3.15. The zero-order chi connectivity index (χ0) is 22.0. The smallest absolute Gasteiger partial charge is 0.237 e. The van der Waals surface area contributed by atoms with E-state index >= 15 is 0 Å². The third kappa shape index (κ3) is 4.64. The molecule has 0 bridgehead atoms. The molecule has 6 nitrogen and oxygen atoms in total. The molecule has 1 amide bonds. The van der Waals surface area contributed by atoms with Crippen molar-refractivity contribution in [1.82, 2.24) is 15.5 Å². The fourth-order valence-corrected chi connectivity index (χ4v) is 4.58. The first-order valence-electron chi connectivity index (χ1n) is 10.9. The number of H-pyrrole nitrogens is 1. The maximum atomic E-state index is 13.0. The maximum absolute atomic E-state index is 13.0. The van der Waals surface area contributed by atoms with Crippen LogP contribution in [0.25, 0.3) is 0 Å². The van der Waals surface area contributed by atoms with Crippen molar-refractivity contribution in [3.8, 4) is 0 Å². The van der Waals surface area contributed by atoms with Crippen molar-refractivity contribution in [1.29, 1.82) is 0 Å². The Kier molecular flexibility index (Phi) is 6.09. The van der Waals surface area contributed by atoms with E-state index in [0.717, 1.165) is 42.0 Å². The van der Waals surface area contributed by atoms with E-state index in [1.165, 1.54) is 22.3 Å². The van der Waals surface area contributed by atoms with Gasteiger partial charge in [0.1, 0.15) is 0 Å². The number of aromatic nitrogens is 2. The minimum atomic E-state index is -0.595. The Morgan fingerprint density at radius 3 is 2.61 bits per heavy atom. The summed E-state index contributed by atoms with van der Waals surface area (Å²) in [4.78, 5) is 13.0. The van der Waals surface area contributed by atoms with Crippen molar-refractivity contribution in [2.24, 2.45) is 5.73 Å². The summed E-state index contributed by atoms with van der Waals surface area (Å²) in [6, 6.07) is 13.9. The highest BCUT2D eigenvalue weighted by Crippen LogP contribution is 2.32. The summed E-state index contributed by atoms with van der Waals surface area (Å²) in [5.41, 5.74) is 14.4. The lowest BCUT2D eigenvalue weighted by Gasteiger charge is -2.26. The first-order valence-corrected chi connectivity index (χ1v) is 10.9. The molecule has 162 valence electrons. The zero-order valence-electron chi connectivity index (χ0n) is 18.5. The Balaban J connectivity index is 1.49. The minimum absolute atomic E-state index is 0.104. The summed E-state index contributed by atoms with van der Waals surface area (Å²) in [5.74, 6) is 0.699. The number of nitrogens with two attached hydrogens (primary N) is 1. The third-order valence-corrected chi connectivity index (χ3v) is 6.10. The van der Waals surface area contributed by atoms with Crippen molar-refractivity contribution < 1.29 is 4.79 Å². The molecule has 5 N–H and O–H groups in total. The Hall–Kier alpha value is -3.12. The van der Waals surface area contributed by atoms with Crippen LogP contribution >= 0.6 is 0 Å². The Morgan fingerprint density at radius 2 is 1.90 bits per heavy atom. The van der Waals surface area contributed by atoms with Crippen LogP contribution in [0.5, 0.6) is 0 Å². The quantitative estimate of drug-likeness (QED) is 0.494. The number of hydrogen-bond donors (Lipinski definition) is 4. The van der Waals surface area contributed by atoms with E-state index in [0.29, 0.717) is 6.42 Å². The van der Waals surface area contributed by atoms with Gasteiger partial charge < -0.3 is 16.4 Å². The Labute approximate surface area is 183 Å². The molecule has 1 aliphatic heterocycles. The predicted molar refractivity (Wildman–Crippen MR) is 124 cm³/mol. The number of nitrogens with one attached hydrogen (secondary N) is 3. The molecule has 31 heavy (non-hydrogen) atoms. The lowest BCUT2D eigenvalue weighted by atomic mass is 9.93. The predicted octanol–water partition coefficient (Wildman–Crippen LogP) is 3.47. The van der Waals surface area contributed by atoms with Gasteiger partial charge in [0, 0.05) is 24.2 Å². The first-order chi connectivity index (χ1) is 14.9. The first kappa shape index (κ1) is 21.1. The van der Waals surface area contributed by atoms with Crippen LogP contribution in [-0.4, -0.2) is 28.7 Å². The SMILES string of the molecule is Cc1cc(C)c(C[C@H](N)C(=O)N[C@@H]2CCNc3n[nH]c(Cc4ccccc4)c32)c(C)c1. The molecular formula is C25H31N5O. The second-order valence-electron chi connectivity index (χ2n) is 8.59.